The number of nitrogens with one attached hydrogen (secondary N) is 2. The first-order valence-corrected chi connectivity index (χ1v) is 9.83. The number of imidazole rings is 1. The van der Waals surface area contributed by atoms with Crippen LogP contribution >= 0.6 is 11.6 Å². The average molecular weight is 394 g/mol. The summed E-state index contributed by atoms with van der Waals surface area (Å²) in [6, 6.07) is 8.05. The number of halogens is 1. The third kappa shape index (κ3) is 2.92. The summed E-state index contributed by atoms with van der Waals surface area (Å²) in [6.45, 7) is 4.10. The van der Waals surface area contributed by atoms with Crippen molar-refractivity contribution in [1.82, 2.24) is 24.9 Å². The van der Waals surface area contributed by atoms with Crippen molar-refractivity contribution in [3.8, 4) is 0 Å². The zero-order valence-electron chi connectivity index (χ0n) is 15.5. The molecule has 8 heteroatoms. The number of anilines is 2. The smallest absolute Gasteiger partial charge is 0.162 e. The Balaban J connectivity index is 1.57. The van der Waals surface area contributed by atoms with Gasteiger partial charge in [0.25, 0.3) is 0 Å². The molecule has 1 fully saturated rings. The van der Waals surface area contributed by atoms with Crippen molar-refractivity contribution in [2.24, 2.45) is 0 Å². The van der Waals surface area contributed by atoms with Gasteiger partial charge in [0.2, 0.25) is 0 Å². The second kappa shape index (κ2) is 6.91. The highest BCUT2D eigenvalue weighted by atomic mass is 35.5. The molecule has 0 aliphatic carbocycles. The topological polar surface area (TPSA) is 82.6 Å². The lowest BCUT2D eigenvalue weighted by atomic mass is 10.1. The second-order valence-electron chi connectivity index (χ2n) is 7.09. The number of benzene rings is 1. The van der Waals surface area contributed by atoms with Gasteiger partial charge in [-0.25, -0.2) is 19.9 Å². The molecule has 4 aromatic rings. The SMILES string of the molecule is CC(Nc1ncnc2[nH]cnc12)c1cc2cccc(Cl)c2c(N2CCCC2)n1. The lowest BCUT2D eigenvalue weighted by molar-refractivity contribution is 0.824. The van der Waals surface area contributed by atoms with Crippen molar-refractivity contribution >= 4 is 45.2 Å². The molecule has 1 aliphatic heterocycles. The van der Waals surface area contributed by atoms with Crippen LogP contribution in [0.3, 0.4) is 0 Å². The van der Waals surface area contributed by atoms with Crippen LogP contribution in [0.15, 0.2) is 36.9 Å². The van der Waals surface area contributed by atoms with Gasteiger partial charge in [0.1, 0.15) is 17.7 Å². The molecule has 1 saturated heterocycles. The largest absolute Gasteiger partial charge is 0.360 e. The van der Waals surface area contributed by atoms with Gasteiger partial charge in [-0.3, -0.25) is 0 Å². The summed E-state index contributed by atoms with van der Waals surface area (Å²) in [7, 11) is 0. The molecule has 0 radical (unpaired) electrons. The van der Waals surface area contributed by atoms with Crippen molar-refractivity contribution in [3.63, 3.8) is 0 Å². The van der Waals surface area contributed by atoms with Gasteiger partial charge >= 0.3 is 0 Å². The van der Waals surface area contributed by atoms with E-state index in [-0.39, 0.29) is 6.04 Å². The van der Waals surface area contributed by atoms with Crippen LogP contribution in [-0.4, -0.2) is 38.0 Å². The predicted molar refractivity (Wildman–Crippen MR) is 112 cm³/mol. The van der Waals surface area contributed by atoms with Gasteiger partial charge in [-0.2, -0.15) is 0 Å². The number of rotatable bonds is 4. The molecule has 5 rings (SSSR count). The van der Waals surface area contributed by atoms with Gasteiger partial charge in [0, 0.05) is 18.5 Å². The number of nitrogens with zero attached hydrogens (tertiary/aromatic N) is 5. The summed E-state index contributed by atoms with van der Waals surface area (Å²) >= 11 is 6.54. The normalized spacial score (nSPS) is 15.4. The number of aromatic nitrogens is 5. The lowest BCUT2D eigenvalue weighted by Gasteiger charge is -2.22. The Morgan fingerprint density at radius 2 is 2.04 bits per heavy atom. The third-order valence-electron chi connectivity index (χ3n) is 5.23. The van der Waals surface area contributed by atoms with Crippen LogP contribution < -0.4 is 10.2 Å². The van der Waals surface area contributed by atoms with Crippen LogP contribution in [0.25, 0.3) is 21.9 Å². The molecule has 7 nitrogen and oxygen atoms in total. The standard InChI is InChI=1S/C20H20ClN7/c1-12(26-19-17-18(23-10-22-17)24-11-25-19)15-9-13-5-4-6-14(21)16(13)20(27-15)28-7-2-3-8-28/h4-6,9-12H,2-3,7-8H2,1H3,(H2,22,23,24,25,26). The molecule has 2 N–H and O–H groups in total. The minimum atomic E-state index is -0.0560. The fraction of sp³-hybridized carbons (Fsp3) is 0.300. The van der Waals surface area contributed by atoms with Gasteiger partial charge in [-0.15, -0.1) is 0 Å². The molecule has 1 unspecified atom stereocenters. The third-order valence-corrected chi connectivity index (χ3v) is 5.54. The molecule has 4 heterocycles. The molecule has 0 spiro atoms. The monoisotopic (exact) mass is 393 g/mol. The molecule has 142 valence electrons. The zero-order valence-corrected chi connectivity index (χ0v) is 16.2. The van der Waals surface area contributed by atoms with Crippen molar-refractivity contribution in [2.75, 3.05) is 23.3 Å². The van der Waals surface area contributed by atoms with E-state index in [1.807, 2.05) is 12.1 Å². The Kier molecular flexibility index (Phi) is 4.24. The average Bonchev–Trinajstić information content (AvgIpc) is 3.39. The highest BCUT2D eigenvalue weighted by Crippen LogP contribution is 2.35. The molecular weight excluding hydrogens is 374 g/mol. The Hall–Kier alpha value is -2.93. The maximum absolute atomic E-state index is 6.54. The van der Waals surface area contributed by atoms with Crippen LogP contribution in [0.1, 0.15) is 31.5 Å². The lowest BCUT2D eigenvalue weighted by Crippen LogP contribution is -2.21. The van der Waals surface area contributed by atoms with Gasteiger partial charge in [0.05, 0.1) is 23.1 Å². The van der Waals surface area contributed by atoms with Crippen LogP contribution in [0, 0.1) is 0 Å². The summed E-state index contributed by atoms with van der Waals surface area (Å²) in [6.07, 6.45) is 5.52. The van der Waals surface area contributed by atoms with Crippen LogP contribution in [0.2, 0.25) is 5.02 Å². The Bertz CT molecular complexity index is 1150. The van der Waals surface area contributed by atoms with Crippen LogP contribution in [0.4, 0.5) is 11.6 Å². The van der Waals surface area contributed by atoms with Crippen molar-refractivity contribution in [2.45, 2.75) is 25.8 Å². The highest BCUT2D eigenvalue weighted by molar-refractivity contribution is 6.36. The van der Waals surface area contributed by atoms with E-state index in [0.29, 0.717) is 11.5 Å². The molecule has 3 aromatic heterocycles. The summed E-state index contributed by atoms with van der Waals surface area (Å²) in [5, 5.41) is 6.30. The predicted octanol–water partition coefficient (Wildman–Crippen LogP) is 4.33. The molecular formula is C20H20ClN7. The van der Waals surface area contributed by atoms with Crippen LogP contribution in [0.5, 0.6) is 0 Å². The first-order valence-electron chi connectivity index (χ1n) is 9.45. The first-order chi connectivity index (χ1) is 13.7. The van der Waals surface area contributed by atoms with E-state index in [4.69, 9.17) is 16.6 Å². The van der Waals surface area contributed by atoms with Gasteiger partial charge in [-0.1, -0.05) is 23.7 Å². The van der Waals surface area contributed by atoms with E-state index >= 15 is 0 Å². The fourth-order valence-electron chi connectivity index (χ4n) is 3.80. The van der Waals surface area contributed by atoms with Gasteiger partial charge in [-0.05, 0) is 37.3 Å². The molecule has 0 saturated carbocycles. The van der Waals surface area contributed by atoms with E-state index in [1.54, 1.807) is 6.33 Å². The number of H-pyrrole nitrogens is 1. The van der Waals surface area contributed by atoms with Crippen molar-refractivity contribution in [1.29, 1.82) is 0 Å². The summed E-state index contributed by atoms with van der Waals surface area (Å²) in [4.78, 5) is 23.2. The molecule has 1 aromatic carbocycles. The Morgan fingerprint density at radius 1 is 1.18 bits per heavy atom. The number of fused-ring (bicyclic) bond motifs is 2. The number of pyridine rings is 1. The summed E-state index contributed by atoms with van der Waals surface area (Å²) in [5.74, 6) is 1.66. The second-order valence-corrected chi connectivity index (χ2v) is 7.50. The summed E-state index contributed by atoms with van der Waals surface area (Å²) < 4.78 is 0. The molecule has 1 atom stereocenters. The van der Waals surface area contributed by atoms with E-state index < -0.39 is 0 Å². The quantitative estimate of drug-likeness (QED) is 0.537. The van der Waals surface area contributed by atoms with E-state index in [2.05, 4.69) is 49.2 Å². The molecule has 1 aliphatic rings. The summed E-state index contributed by atoms with van der Waals surface area (Å²) in [5.41, 5.74) is 2.37. The van der Waals surface area contributed by atoms with Gasteiger partial charge < -0.3 is 15.2 Å². The van der Waals surface area contributed by atoms with Crippen LogP contribution in [-0.2, 0) is 0 Å². The van der Waals surface area contributed by atoms with Crippen molar-refractivity contribution in [3.05, 3.63) is 47.6 Å². The first kappa shape index (κ1) is 17.2. The van der Waals surface area contributed by atoms with E-state index in [9.17, 15) is 0 Å². The molecule has 0 amide bonds. The number of hydrogen-bond acceptors (Lipinski definition) is 6. The van der Waals surface area contributed by atoms with Crippen molar-refractivity contribution < 1.29 is 0 Å². The van der Waals surface area contributed by atoms with E-state index in [0.717, 1.165) is 45.9 Å². The Labute approximate surface area is 167 Å². The highest BCUT2D eigenvalue weighted by Gasteiger charge is 2.21. The molecule has 28 heavy (non-hydrogen) atoms. The maximum Gasteiger partial charge on any atom is 0.162 e. The molecule has 0 bridgehead atoms. The minimum Gasteiger partial charge on any atom is -0.360 e. The zero-order chi connectivity index (χ0) is 19.1. The number of aromatic amines is 1. The number of hydrogen-bond donors (Lipinski definition) is 2. The maximum atomic E-state index is 6.54. The Morgan fingerprint density at radius 3 is 2.89 bits per heavy atom. The fourth-order valence-corrected chi connectivity index (χ4v) is 4.06. The van der Waals surface area contributed by atoms with Gasteiger partial charge in [0.15, 0.2) is 11.5 Å². The van der Waals surface area contributed by atoms with E-state index in [1.165, 1.54) is 19.2 Å². The minimum absolute atomic E-state index is 0.0560.